The maximum Gasteiger partial charge on any atom is 0.144 e. The molecule has 0 unspecified atom stereocenters. The third-order valence-electron chi connectivity index (χ3n) is 10.2. The first-order valence-corrected chi connectivity index (χ1v) is 16.5. The Hall–Kier alpha value is -6.06. The van der Waals surface area contributed by atoms with E-state index in [0.29, 0.717) is 0 Å². The summed E-state index contributed by atoms with van der Waals surface area (Å²) in [6.07, 6.45) is 0. The summed E-state index contributed by atoms with van der Waals surface area (Å²) in [6, 6.07) is 53.7. The van der Waals surface area contributed by atoms with Gasteiger partial charge in [-0.2, -0.15) is 0 Å². The van der Waals surface area contributed by atoms with E-state index in [1.54, 1.807) is 0 Å². The lowest BCUT2D eigenvalue weighted by molar-refractivity contribution is 0.660. The standard InChI is InChI=1S/C45H31NO2/c1-45(2)37-19-11-9-17-32(37)33-23-21-28(25-38(33)45)42-43-35-18-10-12-20-39(35)47-41(43)27-36-34-24-22-31(26-40(34)48-44(36)42)46(29-13-5-3-6-14-29)30-15-7-4-8-16-30/h3-27H,1-2H3. The maximum atomic E-state index is 6.99. The number of anilines is 3. The number of nitrogens with zero attached hydrogens (tertiary/aromatic N) is 1. The van der Waals surface area contributed by atoms with E-state index < -0.39 is 0 Å². The minimum Gasteiger partial charge on any atom is -0.456 e. The summed E-state index contributed by atoms with van der Waals surface area (Å²) in [5.74, 6) is 0. The predicted octanol–water partition coefficient (Wildman–Crippen LogP) is 12.9. The van der Waals surface area contributed by atoms with Crippen molar-refractivity contribution < 1.29 is 8.83 Å². The van der Waals surface area contributed by atoms with Gasteiger partial charge < -0.3 is 13.7 Å². The van der Waals surface area contributed by atoms with Crippen molar-refractivity contribution >= 4 is 60.9 Å². The molecule has 0 saturated heterocycles. The molecule has 0 spiro atoms. The number of hydrogen-bond donors (Lipinski definition) is 0. The van der Waals surface area contributed by atoms with Gasteiger partial charge in [-0.1, -0.05) is 105 Å². The average molecular weight is 618 g/mol. The van der Waals surface area contributed by atoms with Crippen LogP contribution in [0.2, 0.25) is 0 Å². The smallest absolute Gasteiger partial charge is 0.144 e. The third kappa shape index (κ3) is 3.82. The molecular weight excluding hydrogens is 587 g/mol. The Morgan fingerprint density at radius 3 is 1.94 bits per heavy atom. The highest BCUT2D eigenvalue weighted by Crippen LogP contribution is 2.52. The molecule has 3 heteroatoms. The van der Waals surface area contributed by atoms with E-state index in [9.17, 15) is 0 Å². The van der Waals surface area contributed by atoms with Crippen molar-refractivity contribution in [3.63, 3.8) is 0 Å². The molecule has 0 saturated carbocycles. The zero-order valence-corrected chi connectivity index (χ0v) is 26.7. The predicted molar refractivity (Wildman–Crippen MR) is 199 cm³/mol. The van der Waals surface area contributed by atoms with Gasteiger partial charge in [0.2, 0.25) is 0 Å². The molecule has 10 rings (SSSR count). The molecule has 0 fully saturated rings. The number of hydrogen-bond acceptors (Lipinski definition) is 3. The molecule has 48 heavy (non-hydrogen) atoms. The Morgan fingerprint density at radius 1 is 0.458 bits per heavy atom. The lowest BCUT2D eigenvalue weighted by Crippen LogP contribution is -2.14. The lowest BCUT2D eigenvalue weighted by atomic mass is 9.81. The molecule has 9 aromatic rings. The minimum atomic E-state index is -0.117. The summed E-state index contributed by atoms with van der Waals surface area (Å²) >= 11 is 0. The quantitative estimate of drug-likeness (QED) is 0.197. The number of fused-ring (bicyclic) bond motifs is 9. The third-order valence-corrected chi connectivity index (χ3v) is 10.2. The van der Waals surface area contributed by atoms with Gasteiger partial charge in [0.05, 0.1) is 0 Å². The zero-order valence-electron chi connectivity index (χ0n) is 26.7. The van der Waals surface area contributed by atoms with Gasteiger partial charge in [-0.25, -0.2) is 0 Å². The van der Waals surface area contributed by atoms with Crippen molar-refractivity contribution in [2.24, 2.45) is 0 Å². The second kappa shape index (κ2) is 9.97. The van der Waals surface area contributed by atoms with Gasteiger partial charge in [0.15, 0.2) is 0 Å². The van der Waals surface area contributed by atoms with Crippen LogP contribution in [0, 0.1) is 0 Å². The molecule has 1 aliphatic carbocycles. The second-order valence-electron chi connectivity index (χ2n) is 13.3. The number of para-hydroxylation sites is 3. The monoisotopic (exact) mass is 617 g/mol. The topological polar surface area (TPSA) is 29.5 Å². The fraction of sp³-hybridized carbons (Fsp3) is 0.0667. The van der Waals surface area contributed by atoms with Crippen LogP contribution in [0.3, 0.4) is 0 Å². The Morgan fingerprint density at radius 2 is 1.15 bits per heavy atom. The Balaban J connectivity index is 1.25. The van der Waals surface area contributed by atoms with Crippen LogP contribution in [0.1, 0.15) is 25.0 Å². The van der Waals surface area contributed by atoms with Crippen LogP contribution in [-0.4, -0.2) is 0 Å². The summed E-state index contributed by atoms with van der Waals surface area (Å²) in [6.45, 7) is 4.66. The lowest BCUT2D eigenvalue weighted by Gasteiger charge is -2.25. The normalized spacial score (nSPS) is 13.4. The fourth-order valence-corrected chi connectivity index (χ4v) is 7.98. The average Bonchev–Trinajstić information content (AvgIpc) is 3.75. The van der Waals surface area contributed by atoms with Gasteiger partial charge >= 0.3 is 0 Å². The van der Waals surface area contributed by atoms with Crippen molar-refractivity contribution in [3.05, 3.63) is 163 Å². The first-order chi connectivity index (χ1) is 23.6. The van der Waals surface area contributed by atoms with Gasteiger partial charge in [-0.15, -0.1) is 0 Å². The van der Waals surface area contributed by atoms with Crippen molar-refractivity contribution in [2.45, 2.75) is 19.3 Å². The van der Waals surface area contributed by atoms with E-state index in [4.69, 9.17) is 8.83 Å². The minimum absolute atomic E-state index is 0.117. The van der Waals surface area contributed by atoms with Crippen LogP contribution in [0.5, 0.6) is 0 Å². The van der Waals surface area contributed by atoms with E-state index in [1.165, 1.54) is 22.3 Å². The van der Waals surface area contributed by atoms with Crippen molar-refractivity contribution in [1.29, 1.82) is 0 Å². The molecule has 0 bridgehead atoms. The van der Waals surface area contributed by atoms with E-state index in [-0.39, 0.29) is 5.41 Å². The largest absolute Gasteiger partial charge is 0.456 e. The SMILES string of the molecule is CC1(C)c2ccccc2-c2ccc(-c3c4oc5cc(N(c6ccccc6)c6ccccc6)ccc5c4cc4oc5ccccc5c34)cc21. The molecule has 228 valence electrons. The van der Waals surface area contributed by atoms with Gasteiger partial charge in [-0.05, 0) is 82.4 Å². The van der Waals surface area contributed by atoms with E-state index in [1.807, 2.05) is 6.07 Å². The van der Waals surface area contributed by atoms with Gasteiger partial charge in [0, 0.05) is 55.7 Å². The molecule has 2 aromatic heterocycles. The summed E-state index contributed by atoms with van der Waals surface area (Å²) in [7, 11) is 0. The number of rotatable bonds is 4. The highest BCUT2D eigenvalue weighted by molar-refractivity contribution is 6.23. The first kappa shape index (κ1) is 27.1. The summed E-state index contributed by atoms with van der Waals surface area (Å²) < 4.78 is 13.5. The first-order valence-electron chi connectivity index (χ1n) is 16.5. The van der Waals surface area contributed by atoms with Crippen LogP contribution < -0.4 is 4.90 Å². The van der Waals surface area contributed by atoms with Crippen molar-refractivity contribution in [1.82, 2.24) is 0 Å². The van der Waals surface area contributed by atoms with Crippen LogP contribution in [0.25, 0.3) is 66.1 Å². The van der Waals surface area contributed by atoms with Crippen molar-refractivity contribution in [3.8, 4) is 22.3 Å². The van der Waals surface area contributed by atoms with Crippen LogP contribution in [0.4, 0.5) is 17.1 Å². The number of furan rings is 2. The molecule has 0 amide bonds. The molecule has 1 aliphatic rings. The maximum absolute atomic E-state index is 6.99. The molecule has 0 aliphatic heterocycles. The molecular formula is C45H31NO2. The molecule has 0 radical (unpaired) electrons. The van der Waals surface area contributed by atoms with E-state index in [2.05, 4.69) is 164 Å². The molecule has 7 aromatic carbocycles. The summed E-state index contributed by atoms with van der Waals surface area (Å²) in [5.41, 5.74) is 14.1. The zero-order chi connectivity index (χ0) is 32.0. The molecule has 2 heterocycles. The summed E-state index contributed by atoms with van der Waals surface area (Å²) in [5, 5.41) is 4.29. The molecule has 0 atom stereocenters. The Kier molecular flexibility index (Phi) is 5.63. The van der Waals surface area contributed by atoms with Crippen LogP contribution in [-0.2, 0) is 5.41 Å². The van der Waals surface area contributed by atoms with Crippen molar-refractivity contribution in [2.75, 3.05) is 4.90 Å². The summed E-state index contributed by atoms with van der Waals surface area (Å²) in [4.78, 5) is 2.27. The van der Waals surface area contributed by atoms with Gasteiger partial charge in [-0.3, -0.25) is 0 Å². The fourth-order valence-electron chi connectivity index (χ4n) is 7.98. The van der Waals surface area contributed by atoms with Gasteiger partial charge in [0.1, 0.15) is 22.3 Å². The number of benzene rings is 7. The highest BCUT2D eigenvalue weighted by atomic mass is 16.3. The van der Waals surface area contributed by atoms with E-state index in [0.717, 1.165) is 72.1 Å². The molecule has 0 N–H and O–H groups in total. The van der Waals surface area contributed by atoms with E-state index >= 15 is 0 Å². The molecule has 3 nitrogen and oxygen atoms in total. The Labute approximate surface area is 278 Å². The van der Waals surface area contributed by atoms with Gasteiger partial charge in [0.25, 0.3) is 0 Å². The second-order valence-corrected chi connectivity index (χ2v) is 13.3. The van der Waals surface area contributed by atoms with Crippen LogP contribution in [0.15, 0.2) is 160 Å². The van der Waals surface area contributed by atoms with Crippen LogP contribution >= 0.6 is 0 Å². The highest BCUT2D eigenvalue weighted by Gasteiger charge is 2.35. The Bertz CT molecular complexity index is 2660.